The first-order valence-electron chi connectivity index (χ1n) is 7.91. The molecule has 0 spiro atoms. The fourth-order valence-electron chi connectivity index (χ4n) is 5.18. The highest BCUT2D eigenvalue weighted by Crippen LogP contribution is 2.60. The highest BCUT2D eigenvalue weighted by Gasteiger charge is 2.56. The van der Waals surface area contributed by atoms with Gasteiger partial charge in [-0.3, -0.25) is 4.79 Å². The Hall–Kier alpha value is -2.13. The van der Waals surface area contributed by atoms with Crippen LogP contribution in [0.25, 0.3) is 0 Å². The molecule has 2 bridgehead atoms. The van der Waals surface area contributed by atoms with E-state index in [-0.39, 0.29) is 11.8 Å². The minimum atomic E-state index is -0.713. The number of benzene rings is 2. The Bertz CT molecular complexity index is 737. The summed E-state index contributed by atoms with van der Waals surface area (Å²) < 4.78 is 0. The molecule has 6 rings (SSSR count). The van der Waals surface area contributed by atoms with Crippen molar-refractivity contribution in [2.45, 2.75) is 17.9 Å². The van der Waals surface area contributed by atoms with Gasteiger partial charge in [-0.2, -0.15) is 0 Å². The van der Waals surface area contributed by atoms with Crippen molar-refractivity contribution in [1.29, 1.82) is 0 Å². The molecule has 1 saturated heterocycles. The van der Waals surface area contributed by atoms with Crippen LogP contribution < -0.4 is 5.32 Å². The monoisotopic (exact) mass is 291 g/mol. The van der Waals surface area contributed by atoms with Crippen LogP contribution >= 0.6 is 0 Å². The van der Waals surface area contributed by atoms with Gasteiger partial charge in [-0.1, -0.05) is 48.5 Å². The first-order valence-corrected chi connectivity index (χ1v) is 7.91. The van der Waals surface area contributed by atoms with Gasteiger partial charge in [-0.25, -0.2) is 0 Å². The lowest BCUT2D eigenvalue weighted by Crippen LogP contribution is -2.44. The first kappa shape index (κ1) is 12.4. The number of rotatable bonds is 1. The van der Waals surface area contributed by atoms with E-state index in [2.05, 4.69) is 53.8 Å². The Morgan fingerprint density at radius 1 is 0.909 bits per heavy atom. The zero-order valence-corrected chi connectivity index (χ0v) is 12.1. The molecule has 3 nitrogen and oxygen atoms in total. The van der Waals surface area contributed by atoms with Crippen molar-refractivity contribution < 1.29 is 9.90 Å². The second-order valence-electron chi connectivity index (χ2n) is 6.68. The fourth-order valence-corrected chi connectivity index (χ4v) is 5.18. The third-order valence-electron chi connectivity index (χ3n) is 5.86. The molecule has 0 aromatic heterocycles. The van der Waals surface area contributed by atoms with Gasteiger partial charge >= 0.3 is 5.97 Å². The number of aliphatic carboxylic acids is 1. The van der Waals surface area contributed by atoms with E-state index < -0.39 is 12.0 Å². The van der Waals surface area contributed by atoms with Crippen molar-refractivity contribution in [3.8, 4) is 0 Å². The third-order valence-corrected chi connectivity index (χ3v) is 5.86. The van der Waals surface area contributed by atoms with E-state index in [0.717, 1.165) is 6.54 Å². The van der Waals surface area contributed by atoms with Crippen molar-refractivity contribution >= 4 is 5.97 Å². The Labute approximate surface area is 129 Å². The molecule has 2 aromatic rings. The molecule has 0 unspecified atom stereocenters. The first-order chi connectivity index (χ1) is 10.8. The summed E-state index contributed by atoms with van der Waals surface area (Å²) in [6.07, 6.45) is 0. The molecule has 2 N–H and O–H groups in total. The lowest BCUT2D eigenvalue weighted by molar-refractivity contribution is -0.140. The van der Waals surface area contributed by atoms with Crippen LogP contribution in [0.3, 0.4) is 0 Å². The summed E-state index contributed by atoms with van der Waals surface area (Å²) in [6.45, 7) is 0.797. The number of carbonyl (C=O) groups is 1. The highest BCUT2D eigenvalue weighted by molar-refractivity contribution is 5.76. The van der Waals surface area contributed by atoms with E-state index in [4.69, 9.17) is 0 Å². The van der Waals surface area contributed by atoms with Crippen LogP contribution in [0.15, 0.2) is 48.5 Å². The number of carboxylic acids is 1. The van der Waals surface area contributed by atoms with Gasteiger partial charge in [-0.05, 0) is 28.2 Å². The van der Waals surface area contributed by atoms with Gasteiger partial charge < -0.3 is 10.4 Å². The van der Waals surface area contributed by atoms with Crippen LogP contribution in [0.4, 0.5) is 0 Å². The van der Waals surface area contributed by atoms with Crippen LogP contribution in [0.2, 0.25) is 0 Å². The van der Waals surface area contributed by atoms with Gasteiger partial charge in [0, 0.05) is 24.3 Å². The number of carboxylic acid groups (broad SMARTS) is 1. The van der Waals surface area contributed by atoms with Crippen molar-refractivity contribution in [3.05, 3.63) is 70.8 Å². The van der Waals surface area contributed by atoms with E-state index in [1.165, 1.54) is 22.3 Å². The summed E-state index contributed by atoms with van der Waals surface area (Å²) in [5.41, 5.74) is 5.48. The smallest absolute Gasteiger partial charge is 0.321 e. The minimum Gasteiger partial charge on any atom is -0.480 e. The summed E-state index contributed by atoms with van der Waals surface area (Å²) in [6, 6.07) is 16.8. The Balaban J connectivity index is 1.79. The van der Waals surface area contributed by atoms with Crippen LogP contribution in [-0.2, 0) is 4.79 Å². The molecule has 110 valence electrons. The van der Waals surface area contributed by atoms with Crippen LogP contribution in [-0.4, -0.2) is 23.7 Å². The van der Waals surface area contributed by atoms with E-state index in [9.17, 15) is 9.90 Å². The lowest BCUT2D eigenvalue weighted by Gasteiger charge is -2.48. The SMILES string of the molecule is O=C(O)[C@H]1NC[C@@H]2C3c4ccccc4C(c4ccccc43)[C@H]12. The Kier molecular flexibility index (Phi) is 2.37. The standard InChI is InChI=1S/C19H17NO2/c21-19(22)18-17-14(9-20-18)15-10-5-1-3-7-12(10)16(17)13-8-4-2-6-11(13)15/h1-8,14-18,20H,9H2,(H,21,22)/t14-,15?,16?,17-,18+/m1/s1. The van der Waals surface area contributed by atoms with Gasteiger partial charge in [0.2, 0.25) is 0 Å². The number of hydrogen-bond acceptors (Lipinski definition) is 2. The van der Waals surface area contributed by atoms with Gasteiger partial charge in [0.1, 0.15) is 6.04 Å². The van der Waals surface area contributed by atoms with Gasteiger partial charge in [0.05, 0.1) is 0 Å². The fraction of sp³-hybridized carbons (Fsp3) is 0.316. The highest BCUT2D eigenvalue weighted by atomic mass is 16.4. The van der Waals surface area contributed by atoms with Crippen LogP contribution in [0.1, 0.15) is 34.1 Å². The molecule has 1 fully saturated rings. The molecule has 3 heteroatoms. The second kappa shape index (κ2) is 4.20. The van der Waals surface area contributed by atoms with Gasteiger partial charge in [-0.15, -0.1) is 0 Å². The van der Waals surface area contributed by atoms with Crippen molar-refractivity contribution in [1.82, 2.24) is 5.32 Å². The molecule has 1 heterocycles. The van der Waals surface area contributed by atoms with Gasteiger partial charge in [0.15, 0.2) is 0 Å². The van der Waals surface area contributed by atoms with Gasteiger partial charge in [0.25, 0.3) is 0 Å². The predicted molar refractivity (Wildman–Crippen MR) is 83.0 cm³/mol. The average molecular weight is 291 g/mol. The van der Waals surface area contributed by atoms with E-state index in [1.807, 2.05) is 0 Å². The maximum Gasteiger partial charge on any atom is 0.321 e. The summed E-state index contributed by atoms with van der Waals surface area (Å²) in [5, 5.41) is 12.9. The normalized spacial score (nSPS) is 33.9. The largest absolute Gasteiger partial charge is 0.480 e. The number of nitrogens with one attached hydrogen (secondary N) is 1. The maximum absolute atomic E-state index is 11.7. The predicted octanol–water partition coefficient (Wildman–Crippen LogP) is 2.57. The quantitative estimate of drug-likeness (QED) is 0.849. The molecule has 4 aliphatic rings. The van der Waals surface area contributed by atoms with Crippen molar-refractivity contribution in [2.75, 3.05) is 6.54 Å². The van der Waals surface area contributed by atoms with Crippen molar-refractivity contribution in [3.63, 3.8) is 0 Å². The van der Waals surface area contributed by atoms with E-state index in [0.29, 0.717) is 11.8 Å². The molecule has 0 saturated carbocycles. The van der Waals surface area contributed by atoms with Crippen molar-refractivity contribution in [2.24, 2.45) is 11.8 Å². The molecule has 0 amide bonds. The Morgan fingerprint density at radius 2 is 1.41 bits per heavy atom. The molecule has 1 aliphatic heterocycles. The maximum atomic E-state index is 11.7. The molecular weight excluding hydrogens is 274 g/mol. The van der Waals surface area contributed by atoms with E-state index >= 15 is 0 Å². The average Bonchev–Trinajstić information content (AvgIpc) is 3.00. The Morgan fingerprint density at radius 3 is 1.91 bits per heavy atom. The minimum absolute atomic E-state index is 0.160. The molecule has 3 aliphatic carbocycles. The molecule has 3 atom stereocenters. The molecular formula is C19H17NO2. The van der Waals surface area contributed by atoms with Crippen LogP contribution in [0.5, 0.6) is 0 Å². The second-order valence-corrected chi connectivity index (χ2v) is 6.68. The lowest BCUT2D eigenvalue weighted by atomic mass is 9.54. The third kappa shape index (κ3) is 1.37. The topological polar surface area (TPSA) is 49.3 Å². The van der Waals surface area contributed by atoms with E-state index in [1.54, 1.807) is 0 Å². The van der Waals surface area contributed by atoms with Crippen LogP contribution in [0, 0.1) is 11.8 Å². The zero-order chi connectivity index (χ0) is 14.8. The zero-order valence-electron chi connectivity index (χ0n) is 12.1. The summed E-state index contributed by atoms with van der Waals surface area (Å²) in [4.78, 5) is 11.7. The summed E-state index contributed by atoms with van der Waals surface area (Å²) in [7, 11) is 0. The molecule has 2 aromatic carbocycles. The number of hydrogen-bond donors (Lipinski definition) is 2. The molecule has 22 heavy (non-hydrogen) atoms. The molecule has 0 radical (unpaired) electrons. The summed E-state index contributed by atoms with van der Waals surface area (Å²) in [5.74, 6) is 0.371. The summed E-state index contributed by atoms with van der Waals surface area (Å²) >= 11 is 0.